The zero-order valence-corrected chi connectivity index (χ0v) is 11.7. The molecule has 1 aromatic carbocycles. The number of aromatic nitrogens is 1. The average molecular weight is 278 g/mol. The maximum atomic E-state index is 11.5. The predicted molar refractivity (Wildman–Crippen MR) is 74.5 cm³/mol. The summed E-state index contributed by atoms with van der Waals surface area (Å²) in [4.78, 5) is 16.3. The topological polar surface area (TPSA) is 60.5 Å². The molecule has 0 amide bonds. The summed E-state index contributed by atoms with van der Waals surface area (Å²) in [6.07, 6.45) is 0. The van der Waals surface area contributed by atoms with Gasteiger partial charge in [-0.15, -0.1) is 0 Å². The fourth-order valence-corrected chi connectivity index (χ4v) is 2.49. The fourth-order valence-electron chi connectivity index (χ4n) is 1.60. The molecule has 1 N–H and O–H groups in total. The number of aryl methyl sites for hydroxylation is 1. The summed E-state index contributed by atoms with van der Waals surface area (Å²) >= 11 is 1.25. The summed E-state index contributed by atoms with van der Waals surface area (Å²) in [5.74, 6) is 0.345. The number of nitrogens with one attached hydrogen (secondary N) is 1. The molecule has 0 radical (unpaired) electrons. The van der Waals surface area contributed by atoms with Crippen molar-refractivity contribution in [3.63, 3.8) is 0 Å². The number of thiazole rings is 1. The molecule has 1 aromatic heterocycles. The number of carbonyl (C=O) groups excluding carboxylic acids is 1. The molecule has 0 bridgehead atoms. The first-order chi connectivity index (χ1) is 9.15. The molecule has 0 aliphatic rings. The van der Waals surface area contributed by atoms with Gasteiger partial charge < -0.3 is 14.8 Å². The lowest BCUT2D eigenvalue weighted by Crippen LogP contribution is -1.99. The van der Waals surface area contributed by atoms with Crippen LogP contribution in [0.5, 0.6) is 5.75 Å². The molecule has 0 spiro atoms. The first kappa shape index (κ1) is 13.4. The number of esters is 1. The van der Waals surface area contributed by atoms with Crippen LogP contribution in [0.25, 0.3) is 0 Å². The molecule has 1 heterocycles. The van der Waals surface area contributed by atoms with Crippen LogP contribution in [-0.2, 0) is 4.74 Å². The number of nitrogens with zero attached hydrogens (tertiary/aromatic N) is 1. The molecule has 0 fully saturated rings. The summed E-state index contributed by atoms with van der Waals surface area (Å²) < 4.78 is 9.95. The third-order valence-electron chi connectivity index (χ3n) is 2.52. The van der Waals surface area contributed by atoms with Crippen molar-refractivity contribution in [2.45, 2.75) is 6.92 Å². The number of ether oxygens (including phenoxy) is 2. The number of para-hydroxylation sites is 2. The van der Waals surface area contributed by atoms with Gasteiger partial charge >= 0.3 is 5.97 Å². The molecule has 100 valence electrons. The second-order valence-corrected chi connectivity index (χ2v) is 4.75. The highest BCUT2D eigenvalue weighted by Gasteiger charge is 2.16. The maximum absolute atomic E-state index is 11.5. The molecule has 0 saturated carbocycles. The van der Waals surface area contributed by atoms with Crippen molar-refractivity contribution in [1.29, 1.82) is 0 Å². The van der Waals surface area contributed by atoms with Crippen molar-refractivity contribution < 1.29 is 14.3 Å². The van der Waals surface area contributed by atoms with Crippen molar-refractivity contribution in [3.05, 3.63) is 34.8 Å². The summed E-state index contributed by atoms with van der Waals surface area (Å²) in [6.45, 7) is 1.77. The lowest BCUT2D eigenvalue weighted by molar-refractivity contribution is 0.0605. The van der Waals surface area contributed by atoms with Gasteiger partial charge in [0.15, 0.2) is 5.13 Å². The van der Waals surface area contributed by atoms with E-state index in [-0.39, 0.29) is 5.97 Å². The normalized spacial score (nSPS) is 10.1. The average Bonchev–Trinajstić information content (AvgIpc) is 2.79. The standard InChI is InChI=1S/C13H14N2O3S/c1-8-11(12(16)18-3)19-13(14-8)15-9-6-4-5-7-10(9)17-2/h4-7H,1-3H3,(H,14,15). The number of benzene rings is 1. The van der Waals surface area contributed by atoms with Crippen LogP contribution < -0.4 is 10.1 Å². The Morgan fingerprint density at radius 3 is 2.74 bits per heavy atom. The molecule has 19 heavy (non-hydrogen) atoms. The maximum Gasteiger partial charge on any atom is 0.350 e. The lowest BCUT2D eigenvalue weighted by atomic mass is 10.3. The molecule has 0 aliphatic heterocycles. The van der Waals surface area contributed by atoms with Gasteiger partial charge in [0, 0.05) is 0 Å². The zero-order chi connectivity index (χ0) is 13.8. The summed E-state index contributed by atoms with van der Waals surface area (Å²) in [5, 5.41) is 3.77. The van der Waals surface area contributed by atoms with Crippen LogP contribution in [0.2, 0.25) is 0 Å². The van der Waals surface area contributed by atoms with Gasteiger partial charge in [-0.05, 0) is 19.1 Å². The van der Waals surface area contributed by atoms with Crippen molar-refractivity contribution in [2.24, 2.45) is 0 Å². The van der Waals surface area contributed by atoms with Crippen LogP contribution >= 0.6 is 11.3 Å². The number of methoxy groups -OCH3 is 2. The van der Waals surface area contributed by atoms with E-state index in [1.807, 2.05) is 24.3 Å². The van der Waals surface area contributed by atoms with Gasteiger partial charge in [-0.3, -0.25) is 0 Å². The van der Waals surface area contributed by atoms with E-state index in [9.17, 15) is 4.79 Å². The van der Waals surface area contributed by atoms with E-state index in [2.05, 4.69) is 10.3 Å². The molecule has 6 heteroatoms. The minimum atomic E-state index is -0.372. The Bertz CT molecular complexity index is 595. The molecule has 0 aliphatic carbocycles. The van der Waals surface area contributed by atoms with Crippen LogP contribution in [0.1, 0.15) is 15.4 Å². The predicted octanol–water partition coefficient (Wildman–Crippen LogP) is 2.99. The SMILES string of the molecule is COC(=O)c1sc(Nc2ccccc2OC)nc1C. The Hall–Kier alpha value is -2.08. The smallest absolute Gasteiger partial charge is 0.350 e. The Balaban J connectivity index is 2.27. The fraction of sp³-hybridized carbons (Fsp3) is 0.231. The van der Waals surface area contributed by atoms with E-state index in [1.54, 1.807) is 14.0 Å². The minimum absolute atomic E-state index is 0.372. The second-order valence-electron chi connectivity index (χ2n) is 3.75. The third kappa shape index (κ3) is 2.85. The van der Waals surface area contributed by atoms with Crippen molar-refractivity contribution in [2.75, 3.05) is 19.5 Å². The Morgan fingerprint density at radius 1 is 1.32 bits per heavy atom. The molecule has 0 saturated heterocycles. The van der Waals surface area contributed by atoms with E-state index in [0.717, 1.165) is 11.4 Å². The quantitative estimate of drug-likeness (QED) is 0.871. The van der Waals surface area contributed by atoms with Crippen molar-refractivity contribution in [1.82, 2.24) is 4.98 Å². The number of anilines is 2. The Labute approximate surface area is 115 Å². The summed E-state index contributed by atoms with van der Waals surface area (Å²) in [6, 6.07) is 7.51. The van der Waals surface area contributed by atoms with E-state index in [0.29, 0.717) is 15.7 Å². The van der Waals surface area contributed by atoms with Gasteiger partial charge in [0.05, 0.1) is 25.6 Å². The number of hydrogen-bond donors (Lipinski definition) is 1. The Morgan fingerprint density at radius 2 is 2.05 bits per heavy atom. The van der Waals surface area contributed by atoms with Gasteiger partial charge in [0.2, 0.25) is 0 Å². The molecule has 5 nitrogen and oxygen atoms in total. The van der Waals surface area contributed by atoms with Crippen molar-refractivity contribution >= 4 is 28.1 Å². The molecule has 2 rings (SSSR count). The number of hydrogen-bond acceptors (Lipinski definition) is 6. The van der Waals surface area contributed by atoms with E-state index < -0.39 is 0 Å². The molecular weight excluding hydrogens is 264 g/mol. The van der Waals surface area contributed by atoms with Gasteiger partial charge in [0.1, 0.15) is 10.6 Å². The Kier molecular flexibility index (Phi) is 4.01. The first-order valence-corrected chi connectivity index (χ1v) is 6.43. The monoisotopic (exact) mass is 278 g/mol. The van der Waals surface area contributed by atoms with Crippen LogP contribution in [0.15, 0.2) is 24.3 Å². The van der Waals surface area contributed by atoms with Crippen LogP contribution in [0.3, 0.4) is 0 Å². The highest BCUT2D eigenvalue weighted by atomic mass is 32.1. The van der Waals surface area contributed by atoms with Crippen molar-refractivity contribution in [3.8, 4) is 5.75 Å². The van der Waals surface area contributed by atoms with E-state index >= 15 is 0 Å². The third-order valence-corrected chi connectivity index (χ3v) is 3.57. The first-order valence-electron chi connectivity index (χ1n) is 5.61. The van der Waals surface area contributed by atoms with Gasteiger partial charge in [0.25, 0.3) is 0 Å². The second kappa shape index (κ2) is 5.71. The molecule has 0 unspecified atom stereocenters. The van der Waals surface area contributed by atoms with Crippen LogP contribution in [0.4, 0.5) is 10.8 Å². The largest absolute Gasteiger partial charge is 0.495 e. The van der Waals surface area contributed by atoms with E-state index in [4.69, 9.17) is 9.47 Å². The van der Waals surface area contributed by atoms with Gasteiger partial charge in [-0.25, -0.2) is 9.78 Å². The van der Waals surface area contributed by atoms with Gasteiger partial charge in [-0.2, -0.15) is 0 Å². The van der Waals surface area contributed by atoms with Crippen LogP contribution in [0, 0.1) is 6.92 Å². The minimum Gasteiger partial charge on any atom is -0.495 e. The number of rotatable bonds is 4. The molecule has 2 aromatic rings. The highest BCUT2D eigenvalue weighted by molar-refractivity contribution is 7.17. The van der Waals surface area contributed by atoms with E-state index in [1.165, 1.54) is 18.4 Å². The van der Waals surface area contributed by atoms with Gasteiger partial charge in [-0.1, -0.05) is 23.5 Å². The highest BCUT2D eigenvalue weighted by Crippen LogP contribution is 2.30. The molecular formula is C13H14N2O3S. The zero-order valence-electron chi connectivity index (χ0n) is 10.9. The summed E-state index contributed by atoms with van der Waals surface area (Å²) in [5.41, 5.74) is 1.45. The summed E-state index contributed by atoms with van der Waals surface area (Å²) in [7, 11) is 2.96. The molecule has 0 atom stereocenters. The number of carbonyl (C=O) groups is 1. The lowest BCUT2D eigenvalue weighted by Gasteiger charge is -2.07. The van der Waals surface area contributed by atoms with Crippen LogP contribution in [-0.4, -0.2) is 25.2 Å².